The molecular formula is C30H24SSi. The average molecular weight is 445 g/mol. The van der Waals surface area contributed by atoms with Gasteiger partial charge >= 0.3 is 0 Å². The Labute approximate surface area is 196 Å². The summed E-state index contributed by atoms with van der Waals surface area (Å²) in [5.41, 5.74) is 2.35. The second-order valence-corrected chi connectivity index (χ2v) is 12.2. The van der Waals surface area contributed by atoms with E-state index in [2.05, 4.69) is 140 Å². The molecule has 0 saturated carbocycles. The first-order chi connectivity index (χ1) is 15.8. The molecule has 0 N–H and O–H groups in total. The maximum absolute atomic E-state index is 4.67. The summed E-state index contributed by atoms with van der Waals surface area (Å²) in [6, 6.07) is 50.5. The van der Waals surface area contributed by atoms with Crippen LogP contribution >= 0.6 is 12.6 Å². The van der Waals surface area contributed by atoms with E-state index in [1.807, 2.05) is 12.1 Å². The van der Waals surface area contributed by atoms with E-state index in [9.17, 15) is 0 Å². The van der Waals surface area contributed by atoms with Crippen molar-refractivity contribution in [2.75, 3.05) is 0 Å². The predicted octanol–water partition coefficient (Wildman–Crippen LogP) is 5.02. The standard InChI is InChI=1S/C30H24SSi/c31-30-19-11-10-18-29(30)24-20-22-28(23-21-24)32(25-12-4-1-5-13-25,26-14-6-2-7-15-26)27-16-8-3-9-17-27/h1-23,31H. The molecule has 0 aliphatic carbocycles. The molecule has 0 unspecified atom stereocenters. The topological polar surface area (TPSA) is 0 Å². The highest BCUT2D eigenvalue weighted by molar-refractivity contribution is 7.80. The van der Waals surface area contributed by atoms with E-state index in [1.54, 1.807) is 0 Å². The lowest BCUT2D eigenvalue weighted by Gasteiger charge is -2.34. The summed E-state index contributed by atoms with van der Waals surface area (Å²) >= 11 is 4.67. The maximum atomic E-state index is 4.67. The Morgan fingerprint density at radius 1 is 0.375 bits per heavy atom. The van der Waals surface area contributed by atoms with Gasteiger partial charge in [0.15, 0.2) is 8.07 Å². The molecule has 0 heterocycles. The first kappa shape index (κ1) is 20.6. The molecule has 0 radical (unpaired) electrons. The molecule has 0 amide bonds. The summed E-state index contributed by atoms with van der Waals surface area (Å²) in [5.74, 6) is 0. The fourth-order valence-electron chi connectivity index (χ4n) is 4.68. The van der Waals surface area contributed by atoms with Gasteiger partial charge in [-0.05, 0) is 37.9 Å². The van der Waals surface area contributed by atoms with E-state index < -0.39 is 8.07 Å². The monoisotopic (exact) mass is 444 g/mol. The summed E-state index contributed by atoms with van der Waals surface area (Å²) < 4.78 is 0. The Kier molecular flexibility index (Phi) is 5.81. The van der Waals surface area contributed by atoms with Crippen molar-refractivity contribution in [1.29, 1.82) is 0 Å². The first-order valence-corrected chi connectivity index (χ1v) is 13.3. The molecule has 32 heavy (non-hydrogen) atoms. The third kappa shape index (κ3) is 3.62. The summed E-state index contributed by atoms with van der Waals surface area (Å²) in [5, 5.41) is 5.54. The molecule has 0 nitrogen and oxygen atoms in total. The van der Waals surface area contributed by atoms with Gasteiger partial charge in [0.1, 0.15) is 0 Å². The third-order valence-electron chi connectivity index (χ3n) is 6.15. The zero-order valence-electron chi connectivity index (χ0n) is 17.7. The largest absolute Gasteiger partial charge is 0.179 e. The molecule has 0 aliphatic heterocycles. The Balaban J connectivity index is 1.78. The van der Waals surface area contributed by atoms with Gasteiger partial charge in [0, 0.05) is 4.90 Å². The summed E-state index contributed by atoms with van der Waals surface area (Å²) in [6.45, 7) is 0. The fraction of sp³-hybridized carbons (Fsp3) is 0. The summed E-state index contributed by atoms with van der Waals surface area (Å²) in [7, 11) is -2.46. The van der Waals surface area contributed by atoms with Crippen LogP contribution in [0.25, 0.3) is 11.1 Å². The number of hydrogen-bond acceptors (Lipinski definition) is 1. The molecular weight excluding hydrogens is 420 g/mol. The van der Waals surface area contributed by atoms with Gasteiger partial charge < -0.3 is 0 Å². The molecule has 2 heteroatoms. The van der Waals surface area contributed by atoms with E-state index in [0.29, 0.717) is 0 Å². The molecule has 0 spiro atoms. The highest BCUT2D eigenvalue weighted by atomic mass is 32.1. The normalized spacial score (nSPS) is 11.3. The minimum Gasteiger partial charge on any atom is -0.143 e. The van der Waals surface area contributed by atoms with E-state index in [-0.39, 0.29) is 0 Å². The molecule has 0 saturated heterocycles. The van der Waals surface area contributed by atoms with Crippen molar-refractivity contribution in [3.63, 3.8) is 0 Å². The van der Waals surface area contributed by atoms with Crippen LogP contribution in [0.5, 0.6) is 0 Å². The van der Waals surface area contributed by atoms with Crippen LogP contribution in [0.4, 0.5) is 0 Å². The van der Waals surface area contributed by atoms with Gasteiger partial charge in [-0.15, -0.1) is 12.6 Å². The molecule has 154 valence electrons. The first-order valence-electron chi connectivity index (χ1n) is 10.9. The van der Waals surface area contributed by atoms with Crippen LogP contribution in [-0.2, 0) is 0 Å². The Bertz CT molecular complexity index is 1200. The van der Waals surface area contributed by atoms with Crippen LogP contribution in [-0.4, -0.2) is 8.07 Å². The van der Waals surface area contributed by atoms with Gasteiger partial charge in [0.2, 0.25) is 0 Å². The zero-order chi connectivity index (χ0) is 21.8. The van der Waals surface area contributed by atoms with Crippen molar-refractivity contribution < 1.29 is 0 Å². The van der Waals surface area contributed by atoms with Crippen molar-refractivity contribution >= 4 is 41.4 Å². The Morgan fingerprint density at radius 3 is 1.19 bits per heavy atom. The number of benzene rings is 5. The molecule has 0 aliphatic rings. The second-order valence-electron chi connectivity index (χ2n) is 7.94. The van der Waals surface area contributed by atoms with Crippen molar-refractivity contribution in [2.45, 2.75) is 4.90 Å². The lowest BCUT2D eigenvalue weighted by molar-refractivity contribution is 1.46. The lowest BCUT2D eigenvalue weighted by Crippen LogP contribution is -2.74. The van der Waals surface area contributed by atoms with Crippen LogP contribution in [0, 0.1) is 0 Å². The third-order valence-corrected chi connectivity index (χ3v) is 11.3. The van der Waals surface area contributed by atoms with E-state index in [0.717, 1.165) is 10.5 Å². The van der Waals surface area contributed by atoms with Crippen molar-refractivity contribution in [1.82, 2.24) is 0 Å². The van der Waals surface area contributed by atoms with Gasteiger partial charge in [-0.25, -0.2) is 0 Å². The van der Waals surface area contributed by atoms with Gasteiger partial charge in [-0.1, -0.05) is 133 Å². The van der Waals surface area contributed by atoms with Gasteiger partial charge in [0.25, 0.3) is 0 Å². The van der Waals surface area contributed by atoms with Crippen molar-refractivity contribution in [2.24, 2.45) is 0 Å². The van der Waals surface area contributed by atoms with Crippen molar-refractivity contribution in [3.8, 4) is 11.1 Å². The lowest BCUT2D eigenvalue weighted by atomic mass is 10.1. The Morgan fingerprint density at radius 2 is 0.750 bits per heavy atom. The van der Waals surface area contributed by atoms with Crippen LogP contribution < -0.4 is 20.7 Å². The van der Waals surface area contributed by atoms with Crippen LogP contribution in [0.15, 0.2) is 144 Å². The highest BCUT2D eigenvalue weighted by Crippen LogP contribution is 2.25. The van der Waals surface area contributed by atoms with E-state index in [1.165, 1.54) is 26.3 Å². The SMILES string of the molecule is Sc1ccccc1-c1ccc([Si](c2ccccc2)(c2ccccc2)c2ccccc2)cc1. The van der Waals surface area contributed by atoms with E-state index in [4.69, 9.17) is 0 Å². The molecule has 0 aromatic heterocycles. The molecule has 0 bridgehead atoms. The van der Waals surface area contributed by atoms with E-state index >= 15 is 0 Å². The fourth-order valence-corrected chi connectivity index (χ4v) is 9.72. The van der Waals surface area contributed by atoms with Crippen LogP contribution in [0.1, 0.15) is 0 Å². The predicted molar refractivity (Wildman–Crippen MR) is 143 cm³/mol. The maximum Gasteiger partial charge on any atom is 0.179 e. The minimum atomic E-state index is -2.46. The van der Waals surface area contributed by atoms with Gasteiger partial charge in [-0.2, -0.15) is 0 Å². The zero-order valence-corrected chi connectivity index (χ0v) is 19.6. The number of rotatable bonds is 5. The molecule has 0 atom stereocenters. The van der Waals surface area contributed by atoms with Gasteiger partial charge in [-0.3, -0.25) is 0 Å². The highest BCUT2D eigenvalue weighted by Gasteiger charge is 2.41. The Hall–Kier alpha value is -3.33. The number of hydrogen-bond donors (Lipinski definition) is 1. The molecule has 5 rings (SSSR count). The van der Waals surface area contributed by atoms with Crippen LogP contribution in [0.2, 0.25) is 0 Å². The smallest absolute Gasteiger partial charge is 0.143 e. The minimum absolute atomic E-state index is 0.998. The van der Waals surface area contributed by atoms with Gasteiger partial charge in [0.05, 0.1) is 0 Å². The molecule has 5 aromatic carbocycles. The quantitative estimate of drug-likeness (QED) is 0.220. The van der Waals surface area contributed by atoms with Crippen molar-refractivity contribution in [3.05, 3.63) is 140 Å². The summed E-state index contributed by atoms with van der Waals surface area (Å²) in [6.07, 6.45) is 0. The average Bonchev–Trinajstić information content (AvgIpc) is 2.87. The van der Waals surface area contributed by atoms with Crippen LogP contribution in [0.3, 0.4) is 0 Å². The summed E-state index contributed by atoms with van der Waals surface area (Å²) in [4.78, 5) is 0.998. The molecule has 5 aromatic rings. The second kappa shape index (κ2) is 9.03. The number of thiol groups is 1. The molecule has 0 fully saturated rings.